The topological polar surface area (TPSA) is 46.6 Å². The number of amides is 1. The molecule has 0 aliphatic carbocycles. The van der Waals surface area contributed by atoms with E-state index in [1.165, 1.54) is 0 Å². The van der Waals surface area contributed by atoms with Crippen molar-refractivity contribution in [2.24, 2.45) is 0 Å². The summed E-state index contributed by atoms with van der Waals surface area (Å²) in [6.07, 6.45) is 2.05. The predicted molar refractivity (Wildman–Crippen MR) is 51.7 cm³/mol. The van der Waals surface area contributed by atoms with Crippen molar-refractivity contribution in [1.82, 2.24) is 4.90 Å². The highest BCUT2D eigenvalue weighted by Gasteiger charge is 2.32. The highest BCUT2D eigenvalue weighted by atomic mass is 16.5. The van der Waals surface area contributed by atoms with Crippen LogP contribution in [0.25, 0.3) is 0 Å². The van der Waals surface area contributed by atoms with Crippen molar-refractivity contribution < 1.29 is 14.3 Å². The fourth-order valence-electron chi connectivity index (χ4n) is 1.75. The summed E-state index contributed by atoms with van der Waals surface area (Å²) in [6, 6.07) is -0.370. The Bertz CT molecular complexity index is 227. The molecular weight excluding hydrogens is 182 g/mol. The predicted octanol–water partition coefficient (Wildman–Crippen LogP) is 0.950. The third-order valence-corrected chi connectivity index (χ3v) is 2.43. The summed E-state index contributed by atoms with van der Waals surface area (Å²) in [5.74, 6) is -0.199. The zero-order valence-electron chi connectivity index (χ0n) is 8.78. The van der Waals surface area contributed by atoms with Gasteiger partial charge < -0.3 is 9.64 Å². The molecule has 1 aliphatic heterocycles. The Kier molecular flexibility index (Phi) is 3.92. The summed E-state index contributed by atoms with van der Waals surface area (Å²) in [6.45, 7) is 4.73. The van der Waals surface area contributed by atoms with Gasteiger partial charge in [0.05, 0.1) is 6.61 Å². The van der Waals surface area contributed by atoms with E-state index in [1.54, 1.807) is 11.8 Å². The van der Waals surface area contributed by atoms with Crippen LogP contribution in [-0.4, -0.2) is 36.0 Å². The Labute approximate surface area is 84.2 Å². The lowest BCUT2D eigenvalue weighted by Gasteiger charge is -2.24. The van der Waals surface area contributed by atoms with Crippen molar-refractivity contribution >= 4 is 11.9 Å². The van der Waals surface area contributed by atoms with Crippen LogP contribution in [0.2, 0.25) is 0 Å². The van der Waals surface area contributed by atoms with Gasteiger partial charge in [0.15, 0.2) is 0 Å². The van der Waals surface area contributed by atoms with Crippen LogP contribution >= 0.6 is 0 Å². The van der Waals surface area contributed by atoms with Gasteiger partial charge in [-0.15, -0.1) is 0 Å². The second-order valence-corrected chi connectivity index (χ2v) is 3.37. The first-order valence-corrected chi connectivity index (χ1v) is 5.16. The molecular formula is C10H17NO3. The smallest absolute Gasteiger partial charge is 0.328 e. The Balaban J connectivity index is 2.60. The average Bonchev–Trinajstić information content (AvgIpc) is 2.54. The molecule has 0 radical (unpaired) electrons. The zero-order chi connectivity index (χ0) is 10.6. The van der Waals surface area contributed by atoms with Crippen LogP contribution in [0.15, 0.2) is 0 Å². The standard InChI is InChI=1S/C10H17NO3/c1-3-8(10(13)14-4-2)11-7-5-6-9(11)12/h8H,3-7H2,1-2H3/t8-/m1/s1. The average molecular weight is 199 g/mol. The quantitative estimate of drug-likeness (QED) is 0.633. The lowest BCUT2D eigenvalue weighted by molar-refractivity contribution is -0.153. The first kappa shape index (κ1) is 11.0. The van der Waals surface area contributed by atoms with Gasteiger partial charge in [-0.05, 0) is 19.8 Å². The van der Waals surface area contributed by atoms with Crippen LogP contribution < -0.4 is 0 Å². The van der Waals surface area contributed by atoms with Gasteiger partial charge in [0.2, 0.25) is 5.91 Å². The largest absolute Gasteiger partial charge is 0.464 e. The SMILES string of the molecule is CCOC(=O)[C@@H](CC)N1CCCC1=O. The number of rotatable bonds is 4. The van der Waals surface area contributed by atoms with Crippen molar-refractivity contribution in [3.05, 3.63) is 0 Å². The van der Waals surface area contributed by atoms with Gasteiger partial charge in [-0.3, -0.25) is 4.79 Å². The van der Waals surface area contributed by atoms with Crippen LogP contribution in [0.3, 0.4) is 0 Å². The highest BCUT2D eigenvalue weighted by molar-refractivity contribution is 5.85. The molecule has 1 atom stereocenters. The zero-order valence-corrected chi connectivity index (χ0v) is 8.78. The lowest BCUT2D eigenvalue weighted by Crippen LogP contribution is -2.42. The third kappa shape index (κ3) is 2.25. The molecule has 0 aromatic rings. The van der Waals surface area contributed by atoms with E-state index in [1.807, 2.05) is 6.92 Å². The number of esters is 1. The molecule has 0 unspecified atom stereocenters. The molecule has 0 aromatic carbocycles. The van der Waals surface area contributed by atoms with Crippen LogP contribution in [-0.2, 0) is 14.3 Å². The summed E-state index contributed by atoms with van der Waals surface area (Å²) in [5.41, 5.74) is 0. The van der Waals surface area contributed by atoms with E-state index in [4.69, 9.17) is 4.74 Å². The Morgan fingerprint density at radius 2 is 2.29 bits per heavy atom. The molecule has 0 aromatic heterocycles. The number of carbonyl (C=O) groups is 2. The van der Waals surface area contributed by atoms with E-state index in [2.05, 4.69) is 0 Å². The van der Waals surface area contributed by atoms with Crippen molar-refractivity contribution in [3.8, 4) is 0 Å². The maximum atomic E-state index is 11.5. The molecule has 0 bridgehead atoms. The van der Waals surface area contributed by atoms with Crippen molar-refractivity contribution in [2.75, 3.05) is 13.2 Å². The molecule has 1 heterocycles. The first-order chi connectivity index (χ1) is 6.70. The van der Waals surface area contributed by atoms with E-state index in [-0.39, 0.29) is 17.9 Å². The molecule has 14 heavy (non-hydrogen) atoms. The second-order valence-electron chi connectivity index (χ2n) is 3.37. The fourth-order valence-corrected chi connectivity index (χ4v) is 1.75. The number of likely N-dealkylation sites (tertiary alicyclic amines) is 1. The first-order valence-electron chi connectivity index (χ1n) is 5.16. The van der Waals surface area contributed by atoms with Crippen molar-refractivity contribution in [1.29, 1.82) is 0 Å². The van der Waals surface area contributed by atoms with Crippen LogP contribution in [0, 0.1) is 0 Å². The number of ether oxygens (including phenoxy) is 1. The van der Waals surface area contributed by atoms with E-state index in [0.717, 1.165) is 6.42 Å². The lowest BCUT2D eigenvalue weighted by atomic mass is 10.2. The Hall–Kier alpha value is -1.06. The Morgan fingerprint density at radius 1 is 1.57 bits per heavy atom. The molecule has 1 saturated heterocycles. The van der Waals surface area contributed by atoms with Crippen molar-refractivity contribution in [3.63, 3.8) is 0 Å². The van der Waals surface area contributed by atoms with Gasteiger partial charge in [-0.1, -0.05) is 6.92 Å². The summed E-state index contributed by atoms with van der Waals surface area (Å²) in [5, 5.41) is 0. The van der Waals surface area contributed by atoms with Gasteiger partial charge in [0, 0.05) is 13.0 Å². The van der Waals surface area contributed by atoms with Gasteiger partial charge in [0.25, 0.3) is 0 Å². The number of carbonyl (C=O) groups excluding carboxylic acids is 2. The number of nitrogens with zero attached hydrogens (tertiary/aromatic N) is 1. The molecule has 0 saturated carbocycles. The molecule has 1 amide bonds. The van der Waals surface area contributed by atoms with Gasteiger partial charge in [-0.25, -0.2) is 4.79 Å². The van der Waals surface area contributed by atoms with Gasteiger partial charge >= 0.3 is 5.97 Å². The van der Waals surface area contributed by atoms with E-state index < -0.39 is 0 Å². The van der Waals surface area contributed by atoms with E-state index in [0.29, 0.717) is 26.0 Å². The van der Waals surface area contributed by atoms with E-state index >= 15 is 0 Å². The molecule has 1 rings (SSSR count). The molecule has 0 spiro atoms. The Morgan fingerprint density at radius 3 is 2.71 bits per heavy atom. The van der Waals surface area contributed by atoms with Gasteiger partial charge in [-0.2, -0.15) is 0 Å². The fraction of sp³-hybridized carbons (Fsp3) is 0.800. The molecule has 80 valence electrons. The van der Waals surface area contributed by atoms with Crippen molar-refractivity contribution in [2.45, 2.75) is 39.2 Å². The summed E-state index contributed by atoms with van der Waals surface area (Å²) in [4.78, 5) is 24.5. The molecule has 1 fully saturated rings. The minimum atomic E-state index is -0.370. The number of hydrogen-bond donors (Lipinski definition) is 0. The van der Waals surface area contributed by atoms with Crippen LogP contribution in [0.5, 0.6) is 0 Å². The van der Waals surface area contributed by atoms with Gasteiger partial charge in [0.1, 0.15) is 6.04 Å². The summed E-state index contributed by atoms with van der Waals surface area (Å²) < 4.78 is 4.92. The van der Waals surface area contributed by atoms with E-state index in [9.17, 15) is 9.59 Å². The maximum absolute atomic E-state index is 11.5. The molecule has 0 N–H and O–H groups in total. The molecule has 4 heteroatoms. The maximum Gasteiger partial charge on any atom is 0.328 e. The molecule has 4 nitrogen and oxygen atoms in total. The normalized spacial score (nSPS) is 18.4. The minimum absolute atomic E-state index is 0.0740. The third-order valence-electron chi connectivity index (χ3n) is 2.43. The monoisotopic (exact) mass is 199 g/mol. The van der Waals surface area contributed by atoms with Crippen LogP contribution in [0.1, 0.15) is 33.1 Å². The summed E-state index contributed by atoms with van der Waals surface area (Å²) in [7, 11) is 0. The second kappa shape index (κ2) is 4.98. The van der Waals surface area contributed by atoms with Crippen LogP contribution in [0.4, 0.5) is 0 Å². The summed E-state index contributed by atoms with van der Waals surface area (Å²) >= 11 is 0. The highest BCUT2D eigenvalue weighted by Crippen LogP contribution is 2.16. The number of hydrogen-bond acceptors (Lipinski definition) is 3. The molecule has 1 aliphatic rings. The minimum Gasteiger partial charge on any atom is -0.464 e.